The smallest absolute Gasteiger partial charge is 0.293 e. The molecule has 0 fully saturated rings. The third kappa shape index (κ3) is 2.92. The Hall–Kier alpha value is -2.15. The highest BCUT2D eigenvalue weighted by Gasteiger charge is 2.04. The van der Waals surface area contributed by atoms with Crippen molar-refractivity contribution in [1.29, 1.82) is 0 Å². The van der Waals surface area contributed by atoms with E-state index >= 15 is 0 Å². The van der Waals surface area contributed by atoms with E-state index in [1.807, 2.05) is 5.92 Å². The number of hydrogen-bond donors (Lipinski definition) is 1. The number of hydrogen-bond acceptors (Lipinski definition) is 2. The molecule has 0 atom stereocenters. The number of carbonyl (C=O) groups excluding carboxylic acids is 2. The number of Topliss-reactive ketones (excluding diaryl/α,β-unsaturated/α-hetero) is 1. The minimum absolute atomic E-state index is 0.0125. The molecule has 0 unspecified atom stereocenters. The zero-order valence-electron chi connectivity index (χ0n) is 8.00. The van der Waals surface area contributed by atoms with E-state index in [9.17, 15) is 14.0 Å². The Morgan fingerprint density at radius 1 is 1.40 bits per heavy atom. The SMILES string of the molecule is CC(=O)c1ccc(F)c(C#CC(N)=O)c1. The highest BCUT2D eigenvalue weighted by atomic mass is 19.1. The van der Waals surface area contributed by atoms with Crippen molar-refractivity contribution < 1.29 is 14.0 Å². The third-order valence-corrected chi connectivity index (χ3v) is 1.69. The molecule has 0 bridgehead atoms. The lowest BCUT2D eigenvalue weighted by Gasteiger charge is -1.97. The topological polar surface area (TPSA) is 60.2 Å². The van der Waals surface area contributed by atoms with Crippen molar-refractivity contribution in [2.75, 3.05) is 0 Å². The van der Waals surface area contributed by atoms with Crippen molar-refractivity contribution in [2.24, 2.45) is 5.73 Å². The number of benzene rings is 1. The predicted octanol–water partition coefficient (Wildman–Crippen LogP) is 0.865. The summed E-state index contributed by atoms with van der Waals surface area (Å²) in [7, 11) is 0. The van der Waals surface area contributed by atoms with E-state index in [0.717, 1.165) is 6.07 Å². The van der Waals surface area contributed by atoms with Crippen LogP contribution >= 0.6 is 0 Å². The van der Waals surface area contributed by atoms with E-state index in [4.69, 9.17) is 5.73 Å². The standard InChI is InChI=1S/C11H8FNO2/c1-7(14)8-2-4-10(12)9(6-8)3-5-11(13)15/h2,4,6H,1H3,(H2,13,15). The Labute approximate surface area is 86.1 Å². The fourth-order valence-corrected chi connectivity index (χ4v) is 0.969. The number of nitrogens with two attached hydrogens (primary N) is 1. The van der Waals surface area contributed by atoms with Gasteiger partial charge in [-0.25, -0.2) is 4.39 Å². The molecule has 0 spiro atoms. The van der Waals surface area contributed by atoms with Gasteiger partial charge in [0.1, 0.15) is 5.82 Å². The van der Waals surface area contributed by atoms with Crippen molar-refractivity contribution in [2.45, 2.75) is 6.92 Å². The molecular weight excluding hydrogens is 197 g/mol. The van der Waals surface area contributed by atoms with Gasteiger partial charge >= 0.3 is 0 Å². The van der Waals surface area contributed by atoms with Gasteiger partial charge in [0.15, 0.2) is 5.78 Å². The molecule has 0 aromatic heterocycles. The van der Waals surface area contributed by atoms with Gasteiger partial charge in [0.05, 0.1) is 5.56 Å². The molecule has 3 nitrogen and oxygen atoms in total. The average molecular weight is 205 g/mol. The normalized spacial score (nSPS) is 8.93. The summed E-state index contributed by atoms with van der Waals surface area (Å²) < 4.78 is 13.1. The van der Waals surface area contributed by atoms with Crippen LogP contribution in [0.1, 0.15) is 22.8 Å². The summed E-state index contributed by atoms with van der Waals surface area (Å²) in [6.45, 7) is 1.36. The average Bonchev–Trinajstić information content (AvgIpc) is 2.16. The molecule has 1 aromatic rings. The highest BCUT2D eigenvalue weighted by molar-refractivity contribution is 5.95. The molecule has 4 heteroatoms. The van der Waals surface area contributed by atoms with Gasteiger partial charge in [-0.2, -0.15) is 0 Å². The van der Waals surface area contributed by atoms with Gasteiger partial charge in [0.2, 0.25) is 0 Å². The monoisotopic (exact) mass is 205 g/mol. The van der Waals surface area contributed by atoms with E-state index in [0.29, 0.717) is 5.56 Å². The fourth-order valence-electron chi connectivity index (χ4n) is 0.969. The fraction of sp³-hybridized carbons (Fsp3) is 0.0909. The molecule has 15 heavy (non-hydrogen) atoms. The Balaban J connectivity index is 3.18. The first-order chi connectivity index (χ1) is 7.00. The van der Waals surface area contributed by atoms with Crippen LogP contribution in [-0.4, -0.2) is 11.7 Å². The first-order valence-electron chi connectivity index (χ1n) is 4.12. The van der Waals surface area contributed by atoms with E-state index in [1.54, 1.807) is 0 Å². The van der Waals surface area contributed by atoms with Crippen LogP contribution in [0.25, 0.3) is 0 Å². The maximum Gasteiger partial charge on any atom is 0.293 e. The summed E-state index contributed by atoms with van der Waals surface area (Å²) in [5.74, 6) is 2.63. The quantitative estimate of drug-likeness (QED) is 0.546. The van der Waals surface area contributed by atoms with Gasteiger partial charge in [-0.3, -0.25) is 9.59 Å². The number of rotatable bonds is 1. The van der Waals surface area contributed by atoms with Crippen LogP contribution in [0.15, 0.2) is 18.2 Å². The van der Waals surface area contributed by atoms with Gasteiger partial charge in [-0.15, -0.1) is 0 Å². The lowest BCUT2D eigenvalue weighted by atomic mass is 10.1. The van der Waals surface area contributed by atoms with E-state index < -0.39 is 11.7 Å². The number of ketones is 1. The number of primary amides is 1. The molecule has 0 heterocycles. The summed E-state index contributed by atoms with van der Waals surface area (Å²) in [6, 6.07) is 3.77. The second kappa shape index (κ2) is 4.38. The van der Waals surface area contributed by atoms with Gasteiger partial charge in [0, 0.05) is 11.5 Å². The largest absolute Gasteiger partial charge is 0.359 e. The van der Waals surface area contributed by atoms with Crippen LogP contribution in [0.2, 0.25) is 0 Å². The van der Waals surface area contributed by atoms with E-state index in [-0.39, 0.29) is 11.3 Å². The molecule has 1 aromatic carbocycles. The maximum absolute atomic E-state index is 13.1. The molecule has 0 saturated heterocycles. The Kier molecular flexibility index (Phi) is 3.19. The first-order valence-corrected chi connectivity index (χ1v) is 4.12. The van der Waals surface area contributed by atoms with Crippen molar-refractivity contribution in [3.8, 4) is 11.8 Å². The predicted molar refractivity (Wildman–Crippen MR) is 52.5 cm³/mol. The molecule has 0 saturated carbocycles. The molecule has 0 radical (unpaired) electrons. The third-order valence-electron chi connectivity index (χ3n) is 1.69. The van der Waals surface area contributed by atoms with Crippen LogP contribution in [0.3, 0.4) is 0 Å². The number of carbonyl (C=O) groups is 2. The van der Waals surface area contributed by atoms with Gasteiger partial charge < -0.3 is 5.73 Å². The molecule has 0 aliphatic rings. The molecule has 1 amide bonds. The first kappa shape index (κ1) is 10.9. The van der Waals surface area contributed by atoms with E-state index in [1.165, 1.54) is 19.1 Å². The maximum atomic E-state index is 13.1. The molecule has 1 rings (SSSR count). The zero-order valence-corrected chi connectivity index (χ0v) is 8.00. The second-order valence-electron chi connectivity index (χ2n) is 2.87. The van der Waals surface area contributed by atoms with Gasteiger partial charge in [-0.05, 0) is 25.1 Å². The van der Waals surface area contributed by atoms with Crippen LogP contribution in [0.5, 0.6) is 0 Å². The Morgan fingerprint density at radius 3 is 2.60 bits per heavy atom. The van der Waals surface area contributed by atoms with Crippen molar-refractivity contribution in [3.05, 3.63) is 35.1 Å². The molecule has 0 aliphatic carbocycles. The van der Waals surface area contributed by atoms with Crippen LogP contribution < -0.4 is 5.73 Å². The summed E-state index contributed by atoms with van der Waals surface area (Å²) >= 11 is 0. The minimum Gasteiger partial charge on any atom is -0.359 e. The zero-order chi connectivity index (χ0) is 11.4. The number of halogens is 1. The van der Waals surface area contributed by atoms with Gasteiger partial charge in [0.25, 0.3) is 5.91 Å². The van der Waals surface area contributed by atoms with Crippen molar-refractivity contribution >= 4 is 11.7 Å². The second-order valence-corrected chi connectivity index (χ2v) is 2.87. The Bertz CT molecular complexity index is 483. The Morgan fingerprint density at radius 2 is 2.07 bits per heavy atom. The van der Waals surface area contributed by atoms with Crippen LogP contribution in [0, 0.1) is 17.7 Å². The minimum atomic E-state index is -0.845. The van der Waals surface area contributed by atoms with Crippen molar-refractivity contribution in [1.82, 2.24) is 0 Å². The summed E-state index contributed by atoms with van der Waals surface area (Å²) in [4.78, 5) is 21.3. The highest BCUT2D eigenvalue weighted by Crippen LogP contribution is 2.09. The molecular formula is C11H8FNO2. The summed E-state index contributed by atoms with van der Waals surface area (Å²) in [5.41, 5.74) is 5.11. The molecule has 2 N–H and O–H groups in total. The lowest BCUT2D eigenvalue weighted by molar-refractivity contribution is -0.112. The molecule has 76 valence electrons. The van der Waals surface area contributed by atoms with Crippen molar-refractivity contribution in [3.63, 3.8) is 0 Å². The summed E-state index contributed by atoms with van der Waals surface area (Å²) in [5, 5.41) is 0. The van der Waals surface area contributed by atoms with Gasteiger partial charge in [-0.1, -0.05) is 5.92 Å². The van der Waals surface area contributed by atoms with Crippen LogP contribution in [0.4, 0.5) is 4.39 Å². The lowest BCUT2D eigenvalue weighted by Crippen LogP contribution is -2.06. The number of amides is 1. The van der Waals surface area contributed by atoms with E-state index in [2.05, 4.69) is 5.92 Å². The summed E-state index contributed by atoms with van der Waals surface area (Å²) in [6.07, 6.45) is 0. The molecule has 0 aliphatic heterocycles. The van der Waals surface area contributed by atoms with Crippen LogP contribution in [-0.2, 0) is 4.79 Å².